The Labute approximate surface area is 93.9 Å². The van der Waals surface area contributed by atoms with Crippen LogP contribution in [0.15, 0.2) is 24.3 Å². The number of hydrogen-bond acceptors (Lipinski definition) is 2. The third-order valence-electron chi connectivity index (χ3n) is 1.95. The first-order valence-corrected chi connectivity index (χ1v) is 5.11. The van der Waals surface area contributed by atoms with Crippen molar-refractivity contribution in [1.29, 1.82) is 0 Å². The predicted octanol–water partition coefficient (Wildman–Crippen LogP) is 2.44. The summed E-state index contributed by atoms with van der Waals surface area (Å²) in [4.78, 5) is 10.4. The molecular formula is C12H15FO3. The summed E-state index contributed by atoms with van der Waals surface area (Å²) in [6.45, 7) is 3.78. The van der Waals surface area contributed by atoms with Crippen LogP contribution >= 0.6 is 0 Å². The molecule has 1 rings (SSSR count). The predicted molar refractivity (Wildman–Crippen MR) is 58.4 cm³/mol. The first kappa shape index (κ1) is 12.5. The highest BCUT2D eigenvalue weighted by molar-refractivity contribution is 5.72. The molecule has 88 valence electrons. The van der Waals surface area contributed by atoms with E-state index in [4.69, 9.17) is 9.84 Å². The van der Waals surface area contributed by atoms with Gasteiger partial charge in [0, 0.05) is 6.42 Å². The highest BCUT2D eigenvalue weighted by Gasteiger charge is 2.16. The van der Waals surface area contributed by atoms with Crippen molar-refractivity contribution in [3.63, 3.8) is 0 Å². The van der Waals surface area contributed by atoms with Crippen molar-refractivity contribution in [3.05, 3.63) is 29.8 Å². The number of carboxylic acids is 1. The normalized spacial score (nSPS) is 12.5. The molecule has 0 radical (unpaired) electrons. The van der Waals surface area contributed by atoms with Crippen molar-refractivity contribution in [1.82, 2.24) is 0 Å². The van der Waals surface area contributed by atoms with Crippen LogP contribution < -0.4 is 4.74 Å². The van der Waals surface area contributed by atoms with E-state index < -0.39 is 12.1 Å². The van der Waals surface area contributed by atoms with Gasteiger partial charge in [-0.3, -0.25) is 0 Å². The van der Waals surface area contributed by atoms with Crippen LogP contribution in [0.5, 0.6) is 5.75 Å². The molecule has 1 unspecified atom stereocenters. The highest BCUT2D eigenvalue weighted by atomic mass is 19.1. The molecule has 0 saturated carbocycles. The molecule has 1 aromatic rings. The maximum Gasteiger partial charge on any atom is 0.338 e. The number of rotatable bonds is 5. The Hall–Kier alpha value is -1.58. The summed E-state index contributed by atoms with van der Waals surface area (Å²) < 4.78 is 18.4. The first-order chi connectivity index (χ1) is 7.49. The molecule has 0 bridgehead atoms. The quantitative estimate of drug-likeness (QED) is 0.838. The molecule has 0 fully saturated rings. The van der Waals surface area contributed by atoms with Gasteiger partial charge < -0.3 is 9.84 Å². The zero-order valence-electron chi connectivity index (χ0n) is 9.31. The van der Waals surface area contributed by atoms with Gasteiger partial charge in [-0.2, -0.15) is 0 Å². The van der Waals surface area contributed by atoms with E-state index in [-0.39, 0.29) is 12.5 Å². The number of alkyl halides is 1. The number of hydrogen-bond donors (Lipinski definition) is 1. The minimum absolute atomic E-state index is 0.0379. The Bertz CT molecular complexity index is 363. The third-order valence-corrected chi connectivity index (χ3v) is 1.95. The molecule has 3 nitrogen and oxygen atoms in total. The van der Waals surface area contributed by atoms with Gasteiger partial charge in [0.1, 0.15) is 5.75 Å². The lowest BCUT2D eigenvalue weighted by Gasteiger charge is -2.11. The minimum atomic E-state index is -1.87. The molecule has 1 N–H and O–H groups in total. The Morgan fingerprint density at radius 3 is 2.75 bits per heavy atom. The molecule has 16 heavy (non-hydrogen) atoms. The maximum absolute atomic E-state index is 13.0. The summed E-state index contributed by atoms with van der Waals surface area (Å²) in [7, 11) is 0. The van der Waals surface area contributed by atoms with Gasteiger partial charge in [0.2, 0.25) is 6.17 Å². The monoisotopic (exact) mass is 226 g/mol. The summed E-state index contributed by atoms with van der Waals surface area (Å²) in [5, 5.41) is 8.45. The van der Waals surface area contributed by atoms with Gasteiger partial charge in [0.15, 0.2) is 0 Å². The Morgan fingerprint density at radius 2 is 2.19 bits per heavy atom. The summed E-state index contributed by atoms with van der Waals surface area (Å²) in [5.74, 6) is -0.805. The van der Waals surface area contributed by atoms with Gasteiger partial charge in [-0.25, -0.2) is 9.18 Å². The topological polar surface area (TPSA) is 46.5 Å². The highest BCUT2D eigenvalue weighted by Crippen LogP contribution is 2.16. The zero-order chi connectivity index (χ0) is 12.1. The summed E-state index contributed by atoms with van der Waals surface area (Å²) >= 11 is 0. The molecule has 0 aliphatic carbocycles. The van der Waals surface area contributed by atoms with E-state index in [1.165, 1.54) is 0 Å². The molecule has 0 saturated heterocycles. The van der Waals surface area contributed by atoms with Crippen molar-refractivity contribution < 1.29 is 19.0 Å². The number of benzene rings is 1. The molecule has 0 aromatic heterocycles. The summed E-state index contributed by atoms with van der Waals surface area (Å²) in [5.41, 5.74) is 0.619. The molecule has 4 heteroatoms. The lowest BCUT2D eigenvalue weighted by atomic mass is 10.1. The number of ether oxygens (including phenoxy) is 1. The van der Waals surface area contributed by atoms with Crippen molar-refractivity contribution in [2.75, 3.05) is 0 Å². The summed E-state index contributed by atoms with van der Waals surface area (Å²) in [6.07, 6.45) is -1.96. The smallest absolute Gasteiger partial charge is 0.338 e. The zero-order valence-corrected chi connectivity index (χ0v) is 9.31. The molecule has 0 aliphatic heterocycles. The lowest BCUT2D eigenvalue weighted by Crippen LogP contribution is -2.17. The van der Waals surface area contributed by atoms with Crippen molar-refractivity contribution in [2.24, 2.45) is 0 Å². The minimum Gasteiger partial charge on any atom is -0.491 e. The first-order valence-electron chi connectivity index (χ1n) is 5.11. The molecule has 0 heterocycles. The second kappa shape index (κ2) is 5.49. The van der Waals surface area contributed by atoms with Crippen molar-refractivity contribution in [2.45, 2.75) is 32.5 Å². The molecule has 0 aliphatic rings. The van der Waals surface area contributed by atoms with Gasteiger partial charge >= 0.3 is 5.97 Å². The average molecular weight is 226 g/mol. The maximum atomic E-state index is 13.0. The van der Waals surface area contributed by atoms with E-state index in [9.17, 15) is 9.18 Å². The number of carboxylic acid groups (broad SMARTS) is 1. The van der Waals surface area contributed by atoms with Gasteiger partial charge in [-0.05, 0) is 31.5 Å². The van der Waals surface area contributed by atoms with Crippen molar-refractivity contribution >= 4 is 5.97 Å². The van der Waals surface area contributed by atoms with Crippen molar-refractivity contribution in [3.8, 4) is 5.75 Å². The van der Waals surface area contributed by atoms with Gasteiger partial charge in [-0.1, -0.05) is 12.1 Å². The molecule has 1 aromatic carbocycles. The second-order valence-electron chi connectivity index (χ2n) is 3.82. The standard InChI is InChI=1S/C12H15FO3/c1-8(2)16-10-5-3-4-9(6-10)7-11(13)12(14)15/h3-6,8,11H,7H2,1-2H3,(H,14,15). The van der Waals surface area contributed by atoms with E-state index in [2.05, 4.69) is 0 Å². The molecule has 0 amide bonds. The van der Waals surface area contributed by atoms with E-state index in [0.29, 0.717) is 11.3 Å². The summed E-state index contributed by atoms with van der Waals surface area (Å²) in [6, 6.07) is 6.83. The second-order valence-corrected chi connectivity index (χ2v) is 3.82. The molecule has 0 spiro atoms. The van der Waals surface area contributed by atoms with Crippen LogP contribution in [-0.4, -0.2) is 23.4 Å². The van der Waals surface area contributed by atoms with Crippen LogP contribution in [-0.2, 0) is 11.2 Å². The number of halogens is 1. The lowest BCUT2D eigenvalue weighted by molar-refractivity contribution is -0.142. The van der Waals surface area contributed by atoms with Gasteiger partial charge in [0.05, 0.1) is 6.10 Å². The van der Waals surface area contributed by atoms with Crippen LogP contribution in [0.1, 0.15) is 19.4 Å². The Balaban J connectivity index is 2.70. The SMILES string of the molecule is CC(C)Oc1cccc(CC(F)C(=O)O)c1. The fourth-order valence-corrected chi connectivity index (χ4v) is 1.31. The van der Waals surface area contributed by atoms with Crippen LogP contribution in [0, 0.1) is 0 Å². The van der Waals surface area contributed by atoms with E-state index >= 15 is 0 Å². The Morgan fingerprint density at radius 1 is 1.50 bits per heavy atom. The van der Waals surface area contributed by atoms with Crippen LogP contribution in [0.2, 0.25) is 0 Å². The average Bonchev–Trinajstić information content (AvgIpc) is 2.16. The van der Waals surface area contributed by atoms with Gasteiger partial charge in [0.25, 0.3) is 0 Å². The molecule has 1 atom stereocenters. The van der Waals surface area contributed by atoms with E-state index in [1.807, 2.05) is 13.8 Å². The fourth-order valence-electron chi connectivity index (χ4n) is 1.31. The van der Waals surface area contributed by atoms with Gasteiger partial charge in [-0.15, -0.1) is 0 Å². The van der Waals surface area contributed by atoms with Crippen LogP contribution in [0.4, 0.5) is 4.39 Å². The van der Waals surface area contributed by atoms with E-state index in [0.717, 1.165) is 0 Å². The Kier molecular flexibility index (Phi) is 4.28. The number of aliphatic carboxylic acids is 1. The largest absolute Gasteiger partial charge is 0.491 e. The van der Waals surface area contributed by atoms with Crippen LogP contribution in [0.25, 0.3) is 0 Å². The van der Waals surface area contributed by atoms with Crippen LogP contribution in [0.3, 0.4) is 0 Å². The van der Waals surface area contributed by atoms with E-state index in [1.54, 1.807) is 24.3 Å². The fraction of sp³-hybridized carbons (Fsp3) is 0.417. The number of carbonyl (C=O) groups is 1. The molecular weight excluding hydrogens is 211 g/mol. The third kappa shape index (κ3) is 3.88.